The molecular formula is C13H23N3O2S. The monoisotopic (exact) mass is 285 g/mol. The second kappa shape index (κ2) is 6.61. The molecule has 0 aromatic heterocycles. The molecule has 0 spiro atoms. The van der Waals surface area contributed by atoms with Crippen molar-refractivity contribution in [3.63, 3.8) is 0 Å². The van der Waals surface area contributed by atoms with Gasteiger partial charge < -0.3 is 16.0 Å². The predicted molar refractivity (Wildman–Crippen MR) is 77.0 cm³/mol. The minimum absolute atomic E-state index is 0.0829. The standard InChI is InChI=1S/C13H23N3O2S/c1-2-7-16(10-5-3-9(14)4-6-10)12(17)11-8-19-13(18)15-11/h9-11H,2-8,14H2,1H3,(H,15,18). The van der Waals surface area contributed by atoms with Crippen LogP contribution in [0.1, 0.15) is 39.0 Å². The lowest BCUT2D eigenvalue weighted by molar-refractivity contribution is -0.135. The Morgan fingerprint density at radius 1 is 1.42 bits per heavy atom. The van der Waals surface area contributed by atoms with Crippen LogP contribution in [0.3, 0.4) is 0 Å². The third-order valence-electron chi connectivity index (χ3n) is 3.90. The number of carbonyl (C=O) groups excluding carboxylic acids is 2. The fourth-order valence-corrected chi connectivity index (χ4v) is 3.61. The molecule has 19 heavy (non-hydrogen) atoms. The van der Waals surface area contributed by atoms with Gasteiger partial charge in [-0.1, -0.05) is 18.7 Å². The molecular weight excluding hydrogens is 262 g/mol. The summed E-state index contributed by atoms with van der Waals surface area (Å²) in [5.41, 5.74) is 5.92. The summed E-state index contributed by atoms with van der Waals surface area (Å²) in [4.78, 5) is 25.7. The van der Waals surface area contributed by atoms with E-state index in [1.807, 2.05) is 4.90 Å². The average Bonchev–Trinajstić information content (AvgIpc) is 2.83. The third kappa shape index (κ3) is 3.63. The van der Waals surface area contributed by atoms with Crippen molar-refractivity contribution in [1.29, 1.82) is 0 Å². The van der Waals surface area contributed by atoms with Crippen LogP contribution in [0.4, 0.5) is 4.79 Å². The predicted octanol–water partition coefficient (Wildman–Crippen LogP) is 1.32. The summed E-state index contributed by atoms with van der Waals surface area (Å²) in [7, 11) is 0. The smallest absolute Gasteiger partial charge is 0.279 e. The Hall–Kier alpha value is -0.750. The van der Waals surface area contributed by atoms with Crippen molar-refractivity contribution in [2.45, 2.75) is 57.2 Å². The maximum atomic E-state index is 12.5. The van der Waals surface area contributed by atoms with E-state index in [0.717, 1.165) is 38.6 Å². The summed E-state index contributed by atoms with van der Waals surface area (Å²) in [6.07, 6.45) is 4.90. The van der Waals surface area contributed by atoms with Gasteiger partial charge in [0.2, 0.25) is 5.91 Å². The van der Waals surface area contributed by atoms with Crippen LogP contribution in [-0.2, 0) is 4.79 Å². The fraction of sp³-hybridized carbons (Fsp3) is 0.846. The van der Waals surface area contributed by atoms with Gasteiger partial charge in [-0.3, -0.25) is 9.59 Å². The van der Waals surface area contributed by atoms with Crippen molar-refractivity contribution in [3.05, 3.63) is 0 Å². The SMILES string of the molecule is CCCN(C(=O)C1CSC(=O)N1)C1CCC(N)CC1. The first-order chi connectivity index (χ1) is 9.11. The van der Waals surface area contributed by atoms with Gasteiger partial charge in [0.05, 0.1) is 0 Å². The quantitative estimate of drug-likeness (QED) is 0.817. The molecule has 1 unspecified atom stereocenters. The number of nitrogens with two attached hydrogens (primary N) is 1. The van der Waals surface area contributed by atoms with Crippen molar-refractivity contribution < 1.29 is 9.59 Å². The molecule has 0 aromatic carbocycles. The molecule has 1 aliphatic carbocycles. The van der Waals surface area contributed by atoms with Gasteiger partial charge in [0.15, 0.2) is 0 Å². The lowest BCUT2D eigenvalue weighted by atomic mass is 9.90. The number of thioether (sulfide) groups is 1. The van der Waals surface area contributed by atoms with Crippen LogP contribution in [0.5, 0.6) is 0 Å². The maximum Gasteiger partial charge on any atom is 0.279 e. The van der Waals surface area contributed by atoms with Gasteiger partial charge in [0.25, 0.3) is 5.24 Å². The summed E-state index contributed by atoms with van der Waals surface area (Å²) < 4.78 is 0. The van der Waals surface area contributed by atoms with E-state index in [9.17, 15) is 9.59 Å². The van der Waals surface area contributed by atoms with E-state index < -0.39 is 0 Å². The molecule has 108 valence electrons. The van der Waals surface area contributed by atoms with Crippen molar-refractivity contribution in [3.8, 4) is 0 Å². The molecule has 1 saturated carbocycles. The van der Waals surface area contributed by atoms with Crippen molar-refractivity contribution in [1.82, 2.24) is 10.2 Å². The van der Waals surface area contributed by atoms with Gasteiger partial charge in [-0.05, 0) is 32.1 Å². The first-order valence-corrected chi connectivity index (χ1v) is 8.09. The normalized spacial score (nSPS) is 31.1. The number of carbonyl (C=O) groups is 2. The van der Waals surface area contributed by atoms with Gasteiger partial charge >= 0.3 is 0 Å². The van der Waals surface area contributed by atoms with Gasteiger partial charge in [0, 0.05) is 24.4 Å². The van der Waals surface area contributed by atoms with E-state index >= 15 is 0 Å². The fourth-order valence-electron chi connectivity index (χ4n) is 2.84. The first-order valence-electron chi connectivity index (χ1n) is 7.11. The number of nitrogens with one attached hydrogen (secondary N) is 1. The summed E-state index contributed by atoms with van der Waals surface area (Å²) in [5.74, 6) is 0.644. The maximum absolute atomic E-state index is 12.5. The highest BCUT2D eigenvalue weighted by Crippen LogP contribution is 2.24. The van der Waals surface area contributed by atoms with E-state index in [2.05, 4.69) is 12.2 Å². The van der Waals surface area contributed by atoms with E-state index in [1.54, 1.807) is 0 Å². The van der Waals surface area contributed by atoms with Gasteiger partial charge in [-0.25, -0.2) is 0 Å². The van der Waals surface area contributed by atoms with Crippen LogP contribution >= 0.6 is 11.8 Å². The van der Waals surface area contributed by atoms with E-state index in [1.165, 1.54) is 11.8 Å². The zero-order valence-corrected chi connectivity index (χ0v) is 12.2. The zero-order chi connectivity index (χ0) is 13.8. The molecule has 6 heteroatoms. The van der Waals surface area contributed by atoms with Gasteiger partial charge in [0.1, 0.15) is 6.04 Å². The highest BCUT2D eigenvalue weighted by molar-refractivity contribution is 8.14. The second-order valence-corrected chi connectivity index (χ2v) is 6.39. The number of rotatable bonds is 4. The molecule has 2 amide bonds. The molecule has 1 atom stereocenters. The molecule has 2 fully saturated rings. The molecule has 2 aliphatic rings. The molecule has 1 aliphatic heterocycles. The van der Waals surface area contributed by atoms with Crippen molar-refractivity contribution >= 4 is 22.9 Å². The molecule has 1 heterocycles. The summed E-state index contributed by atoms with van der Waals surface area (Å²) in [6.45, 7) is 2.85. The van der Waals surface area contributed by atoms with Crippen molar-refractivity contribution in [2.75, 3.05) is 12.3 Å². The third-order valence-corrected chi connectivity index (χ3v) is 4.78. The molecule has 0 radical (unpaired) electrons. The summed E-state index contributed by atoms with van der Waals surface area (Å²) in [6, 6.07) is 0.256. The number of hydrogen-bond donors (Lipinski definition) is 2. The average molecular weight is 285 g/mol. The molecule has 0 aromatic rings. The highest BCUT2D eigenvalue weighted by atomic mass is 32.2. The lowest BCUT2D eigenvalue weighted by Gasteiger charge is -2.37. The lowest BCUT2D eigenvalue weighted by Crippen LogP contribution is -2.51. The van der Waals surface area contributed by atoms with Crippen molar-refractivity contribution in [2.24, 2.45) is 5.73 Å². The van der Waals surface area contributed by atoms with Crippen LogP contribution < -0.4 is 11.1 Å². The molecule has 3 N–H and O–H groups in total. The molecule has 1 saturated heterocycles. The van der Waals surface area contributed by atoms with Crippen LogP contribution in [0.15, 0.2) is 0 Å². The summed E-state index contributed by atoms with van der Waals surface area (Å²) >= 11 is 1.20. The molecule has 5 nitrogen and oxygen atoms in total. The largest absolute Gasteiger partial charge is 0.338 e. The van der Waals surface area contributed by atoms with Crippen LogP contribution in [0, 0.1) is 0 Å². The Bertz CT molecular complexity index is 343. The second-order valence-electron chi connectivity index (χ2n) is 5.40. The summed E-state index contributed by atoms with van der Waals surface area (Å²) in [5, 5.41) is 2.67. The number of hydrogen-bond acceptors (Lipinski definition) is 4. The van der Waals surface area contributed by atoms with Crippen LogP contribution in [0.2, 0.25) is 0 Å². The zero-order valence-electron chi connectivity index (χ0n) is 11.4. The Morgan fingerprint density at radius 3 is 2.63 bits per heavy atom. The number of nitrogens with zero attached hydrogens (tertiary/aromatic N) is 1. The first kappa shape index (κ1) is 14.7. The molecule has 0 bridgehead atoms. The Balaban J connectivity index is 1.98. The minimum atomic E-state index is -0.334. The Labute approximate surface area is 118 Å². The van der Waals surface area contributed by atoms with E-state index in [-0.39, 0.29) is 23.2 Å². The van der Waals surface area contributed by atoms with Gasteiger partial charge in [-0.15, -0.1) is 0 Å². The molecule has 2 rings (SSSR count). The van der Waals surface area contributed by atoms with E-state index in [4.69, 9.17) is 5.73 Å². The Morgan fingerprint density at radius 2 is 2.11 bits per heavy atom. The number of amides is 2. The highest BCUT2D eigenvalue weighted by Gasteiger charge is 2.35. The topological polar surface area (TPSA) is 75.4 Å². The minimum Gasteiger partial charge on any atom is -0.338 e. The van der Waals surface area contributed by atoms with E-state index in [0.29, 0.717) is 11.8 Å². The Kier molecular flexibility index (Phi) is 5.10. The van der Waals surface area contributed by atoms with Crippen LogP contribution in [0.25, 0.3) is 0 Å². The van der Waals surface area contributed by atoms with Crippen LogP contribution in [-0.4, -0.2) is 46.5 Å². The van der Waals surface area contributed by atoms with Gasteiger partial charge in [-0.2, -0.15) is 0 Å².